The molecular weight excluding hydrogens is 348 g/mol. The molecule has 1 atom stereocenters. The number of methoxy groups -OCH3 is 2. The maximum atomic E-state index is 12.4. The number of nitrogens with one attached hydrogen (secondary N) is 1. The van der Waals surface area contributed by atoms with Crippen molar-refractivity contribution in [3.8, 4) is 11.5 Å². The smallest absolute Gasteiger partial charge is 0.244 e. The van der Waals surface area contributed by atoms with Gasteiger partial charge in [-0.1, -0.05) is 11.6 Å². The van der Waals surface area contributed by atoms with Gasteiger partial charge in [0.1, 0.15) is 11.5 Å². The normalized spacial score (nSPS) is 16.4. The minimum Gasteiger partial charge on any atom is -0.495 e. The number of anilines is 1. The largest absolute Gasteiger partial charge is 0.495 e. The number of carbonyl (C=O) groups is 2. The Hall–Kier alpha value is -1.99. The second-order valence-electron chi connectivity index (χ2n) is 5.77. The standard InChI is InChI=1S/C17H23ClN2O5/c1-11(21)20(9-12-5-4-6-25-12)10-17(22)19-14-8-15(23-2)13(18)7-16(14)24-3/h7-8,12H,4-6,9-10H2,1-3H3,(H,19,22). The van der Waals surface area contributed by atoms with Crippen LogP contribution in [0.3, 0.4) is 0 Å². The van der Waals surface area contributed by atoms with Gasteiger partial charge >= 0.3 is 0 Å². The van der Waals surface area contributed by atoms with Crippen molar-refractivity contribution < 1.29 is 23.8 Å². The molecule has 1 N–H and O–H groups in total. The zero-order valence-corrected chi connectivity index (χ0v) is 15.4. The van der Waals surface area contributed by atoms with Gasteiger partial charge in [0.05, 0.1) is 37.6 Å². The van der Waals surface area contributed by atoms with E-state index in [1.165, 1.54) is 26.0 Å². The molecular formula is C17H23ClN2O5. The van der Waals surface area contributed by atoms with E-state index in [9.17, 15) is 9.59 Å². The third-order valence-electron chi connectivity index (χ3n) is 3.98. The lowest BCUT2D eigenvalue weighted by molar-refractivity contribution is -0.134. The lowest BCUT2D eigenvalue weighted by Crippen LogP contribution is -2.41. The molecule has 8 heteroatoms. The fourth-order valence-corrected chi connectivity index (χ4v) is 2.89. The topological polar surface area (TPSA) is 77.1 Å². The van der Waals surface area contributed by atoms with E-state index < -0.39 is 0 Å². The van der Waals surface area contributed by atoms with Gasteiger partial charge in [-0.15, -0.1) is 0 Å². The first-order valence-electron chi connectivity index (χ1n) is 8.03. The quantitative estimate of drug-likeness (QED) is 0.797. The molecule has 2 amide bonds. The van der Waals surface area contributed by atoms with Crippen molar-refractivity contribution in [1.82, 2.24) is 4.90 Å². The number of rotatable bonds is 7. The number of halogens is 1. The molecule has 0 spiro atoms. The molecule has 0 aromatic heterocycles. The van der Waals surface area contributed by atoms with E-state index in [4.69, 9.17) is 25.8 Å². The average molecular weight is 371 g/mol. The van der Waals surface area contributed by atoms with E-state index in [0.29, 0.717) is 35.4 Å². The third kappa shape index (κ3) is 5.24. The van der Waals surface area contributed by atoms with Crippen molar-refractivity contribution in [2.75, 3.05) is 39.2 Å². The Kier molecular flexibility index (Phi) is 6.90. The van der Waals surface area contributed by atoms with Gasteiger partial charge in [0, 0.05) is 32.2 Å². The van der Waals surface area contributed by atoms with Gasteiger partial charge in [0.25, 0.3) is 0 Å². The Labute approximate surface area is 152 Å². The highest BCUT2D eigenvalue weighted by molar-refractivity contribution is 6.32. The number of hydrogen-bond acceptors (Lipinski definition) is 5. The first-order valence-corrected chi connectivity index (χ1v) is 8.41. The molecule has 1 saturated heterocycles. The molecule has 25 heavy (non-hydrogen) atoms. The third-order valence-corrected chi connectivity index (χ3v) is 4.27. The van der Waals surface area contributed by atoms with E-state index in [0.717, 1.165) is 12.8 Å². The molecule has 0 bridgehead atoms. The molecule has 1 aromatic carbocycles. The van der Waals surface area contributed by atoms with Crippen molar-refractivity contribution in [2.24, 2.45) is 0 Å². The van der Waals surface area contributed by atoms with Crippen LogP contribution in [0.25, 0.3) is 0 Å². The Morgan fingerprint density at radius 3 is 2.60 bits per heavy atom. The summed E-state index contributed by atoms with van der Waals surface area (Å²) in [5.41, 5.74) is 0.425. The highest BCUT2D eigenvalue weighted by Crippen LogP contribution is 2.35. The van der Waals surface area contributed by atoms with Crippen molar-refractivity contribution in [3.05, 3.63) is 17.2 Å². The SMILES string of the molecule is COc1cc(NC(=O)CN(CC2CCCO2)C(C)=O)c(OC)cc1Cl. The average Bonchev–Trinajstić information content (AvgIpc) is 3.08. The molecule has 0 aliphatic carbocycles. The number of nitrogens with zero attached hydrogens (tertiary/aromatic N) is 1. The van der Waals surface area contributed by atoms with Crippen molar-refractivity contribution in [1.29, 1.82) is 0 Å². The van der Waals surface area contributed by atoms with Gasteiger partial charge in [-0.2, -0.15) is 0 Å². The van der Waals surface area contributed by atoms with E-state index in [-0.39, 0.29) is 24.5 Å². The second kappa shape index (κ2) is 8.92. The Morgan fingerprint density at radius 2 is 2.04 bits per heavy atom. The van der Waals surface area contributed by atoms with Crippen LogP contribution in [0.2, 0.25) is 5.02 Å². The summed E-state index contributed by atoms with van der Waals surface area (Å²) in [7, 11) is 2.96. The molecule has 1 fully saturated rings. The van der Waals surface area contributed by atoms with Crippen LogP contribution in [-0.2, 0) is 14.3 Å². The lowest BCUT2D eigenvalue weighted by Gasteiger charge is -2.24. The first kappa shape index (κ1) is 19.3. The fraction of sp³-hybridized carbons (Fsp3) is 0.529. The summed E-state index contributed by atoms with van der Waals surface area (Å²) in [5.74, 6) is 0.315. The van der Waals surface area contributed by atoms with Gasteiger partial charge in [0.15, 0.2) is 0 Å². The zero-order valence-electron chi connectivity index (χ0n) is 14.6. The van der Waals surface area contributed by atoms with E-state index in [1.807, 2.05) is 0 Å². The summed E-state index contributed by atoms with van der Waals surface area (Å²) in [6, 6.07) is 3.14. The summed E-state index contributed by atoms with van der Waals surface area (Å²) in [4.78, 5) is 25.7. The van der Waals surface area contributed by atoms with Gasteiger partial charge in [-0.3, -0.25) is 9.59 Å². The predicted molar refractivity (Wildman–Crippen MR) is 94.4 cm³/mol. The molecule has 0 saturated carbocycles. The van der Waals surface area contributed by atoms with Gasteiger partial charge < -0.3 is 24.4 Å². The molecule has 2 rings (SSSR count). The summed E-state index contributed by atoms with van der Waals surface area (Å²) in [5, 5.41) is 3.11. The number of carbonyl (C=O) groups excluding carboxylic acids is 2. The minimum atomic E-state index is -0.337. The highest BCUT2D eigenvalue weighted by atomic mass is 35.5. The second-order valence-corrected chi connectivity index (χ2v) is 6.18. The van der Waals surface area contributed by atoms with Crippen LogP contribution in [0.1, 0.15) is 19.8 Å². The summed E-state index contributed by atoms with van der Waals surface area (Å²) in [6.45, 7) is 2.48. The molecule has 7 nitrogen and oxygen atoms in total. The van der Waals surface area contributed by atoms with Crippen LogP contribution in [0, 0.1) is 0 Å². The van der Waals surface area contributed by atoms with Gasteiger partial charge in [-0.25, -0.2) is 0 Å². The molecule has 0 radical (unpaired) electrons. The number of benzene rings is 1. The van der Waals surface area contributed by atoms with Gasteiger partial charge in [-0.05, 0) is 12.8 Å². The van der Waals surface area contributed by atoms with Crippen LogP contribution in [-0.4, -0.2) is 56.7 Å². The number of hydrogen-bond donors (Lipinski definition) is 1. The predicted octanol–water partition coefficient (Wildman–Crippen LogP) is 2.32. The van der Waals surface area contributed by atoms with Crippen molar-refractivity contribution in [2.45, 2.75) is 25.9 Å². The van der Waals surface area contributed by atoms with E-state index in [1.54, 1.807) is 12.1 Å². The molecule has 1 unspecified atom stereocenters. The first-order chi connectivity index (χ1) is 11.9. The summed E-state index contributed by atoms with van der Waals surface area (Å²) >= 11 is 6.05. The molecule has 1 aliphatic heterocycles. The van der Waals surface area contributed by atoms with Gasteiger partial charge in [0.2, 0.25) is 11.8 Å². The van der Waals surface area contributed by atoms with Crippen LogP contribution in [0.5, 0.6) is 11.5 Å². The van der Waals surface area contributed by atoms with E-state index >= 15 is 0 Å². The molecule has 138 valence electrons. The monoisotopic (exact) mass is 370 g/mol. The Balaban J connectivity index is 2.05. The van der Waals surface area contributed by atoms with Crippen LogP contribution in [0.4, 0.5) is 5.69 Å². The summed E-state index contributed by atoms with van der Waals surface area (Å²) in [6.07, 6.45) is 1.86. The van der Waals surface area contributed by atoms with Crippen LogP contribution >= 0.6 is 11.6 Å². The summed E-state index contributed by atoms with van der Waals surface area (Å²) < 4.78 is 15.9. The number of amides is 2. The van der Waals surface area contributed by atoms with E-state index in [2.05, 4.69) is 5.32 Å². The maximum Gasteiger partial charge on any atom is 0.244 e. The van der Waals surface area contributed by atoms with Crippen molar-refractivity contribution >= 4 is 29.1 Å². The maximum absolute atomic E-state index is 12.4. The fourth-order valence-electron chi connectivity index (χ4n) is 2.66. The Morgan fingerprint density at radius 1 is 1.32 bits per heavy atom. The number of ether oxygens (including phenoxy) is 3. The lowest BCUT2D eigenvalue weighted by atomic mass is 10.2. The molecule has 1 aromatic rings. The highest BCUT2D eigenvalue weighted by Gasteiger charge is 2.23. The Bertz CT molecular complexity index is 632. The zero-order chi connectivity index (χ0) is 18.4. The van der Waals surface area contributed by atoms with Crippen LogP contribution < -0.4 is 14.8 Å². The molecule has 1 aliphatic rings. The van der Waals surface area contributed by atoms with Crippen LogP contribution in [0.15, 0.2) is 12.1 Å². The van der Waals surface area contributed by atoms with Crippen molar-refractivity contribution in [3.63, 3.8) is 0 Å². The minimum absolute atomic E-state index is 0.0122. The molecule has 1 heterocycles.